The van der Waals surface area contributed by atoms with Gasteiger partial charge in [-0.1, -0.05) is 158 Å². The Bertz CT molecular complexity index is 3480. The summed E-state index contributed by atoms with van der Waals surface area (Å²) in [5.41, 5.74) is 2.16. The molecule has 0 unspecified atom stereocenters. The molecule has 0 aliphatic rings. The van der Waals surface area contributed by atoms with Crippen molar-refractivity contribution in [3.05, 3.63) is 170 Å². The Kier molecular flexibility index (Phi) is 3.90. The molecule has 0 aliphatic heterocycles. The summed E-state index contributed by atoms with van der Waals surface area (Å²) in [6.45, 7) is 0. The van der Waals surface area contributed by atoms with Crippen LogP contribution in [-0.4, -0.2) is 0 Å². The van der Waals surface area contributed by atoms with Gasteiger partial charge < -0.3 is 0 Å². The van der Waals surface area contributed by atoms with E-state index in [2.05, 4.69) is 54.6 Å². The molecule has 0 amide bonds. The Balaban J connectivity index is 1.32. The van der Waals surface area contributed by atoms with Gasteiger partial charge in [-0.15, -0.1) is 0 Å². The molecule has 0 saturated heterocycles. The van der Waals surface area contributed by atoms with E-state index >= 15 is 0 Å². The average Bonchev–Trinajstić information content (AvgIpc) is 3.21. The maximum atomic E-state index is 10.1. The molecular formula is C48H28. The van der Waals surface area contributed by atoms with Crippen LogP contribution in [0.25, 0.3) is 109 Å². The SMILES string of the molecule is [2H]c1ccc([2H])c(-c2c([2H])c(-c3ccc4ccc5cccc6ccc3c4c56)c([2H])c3c([2H])c([2H])c([2H])c([2H])c23)c1-c1ccc2ccc3cccc4ccc1c2c34. The zero-order valence-electron chi connectivity index (χ0n) is 33.5. The quantitative estimate of drug-likeness (QED) is 0.174. The number of fused-ring (bicyclic) bond motifs is 1. The fourth-order valence-electron chi connectivity index (χ4n) is 7.97. The normalized spacial score (nSPS) is 14.5. The third kappa shape index (κ3) is 3.55. The van der Waals surface area contributed by atoms with Gasteiger partial charge in [-0.2, -0.15) is 0 Å². The summed E-state index contributed by atoms with van der Waals surface area (Å²) in [5.74, 6) is 0. The first kappa shape index (κ1) is 19.4. The summed E-state index contributed by atoms with van der Waals surface area (Å²) in [7, 11) is 0. The molecule has 0 N–H and O–H groups in total. The molecule has 0 radical (unpaired) electrons. The van der Waals surface area contributed by atoms with Crippen LogP contribution < -0.4 is 0 Å². The van der Waals surface area contributed by atoms with Gasteiger partial charge in [0.25, 0.3) is 0 Å². The minimum Gasteiger partial charge on any atom is -0.0616 e. The van der Waals surface area contributed by atoms with E-state index in [0.29, 0.717) is 16.7 Å². The Labute approximate surface area is 289 Å². The van der Waals surface area contributed by atoms with Crippen LogP contribution in [0.3, 0.4) is 0 Å². The van der Waals surface area contributed by atoms with E-state index in [0.717, 1.165) is 64.6 Å². The second kappa shape index (κ2) is 9.64. The molecule has 0 nitrogen and oxygen atoms in total. The Hall–Kier alpha value is -6.24. The van der Waals surface area contributed by atoms with E-state index in [-0.39, 0.29) is 57.7 Å². The molecule has 220 valence electrons. The second-order valence-corrected chi connectivity index (χ2v) is 12.6. The highest BCUT2D eigenvalue weighted by molar-refractivity contribution is 6.27. The molecule has 0 atom stereocenters. The van der Waals surface area contributed by atoms with Crippen molar-refractivity contribution in [3.63, 3.8) is 0 Å². The predicted molar refractivity (Wildman–Crippen MR) is 208 cm³/mol. The average molecular weight is 613 g/mol. The van der Waals surface area contributed by atoms with Crippen LogP contribution in [0, 0.1) is 0 Å². The van der Waals surface area contributed by atoms with E-state index in [1.165, 1.54) is 6.07 Å². The summed E-state index contributed by atoms with van der Waals surface area (Å²) in [4.78, 5) is 0. The van der Waals surface area contributed by atoms with Crippen molar-refractivity contribution in [2.45, 2.75) is 0 Å². The van der Waals surface area contributed by atoms with Crippen LogP contribution in [-0.2, 0) is 0 Å². The molecule has 0 bridgehead atoms. The van der Waals surface area contributed by atoms with E-state index < -0.39 is 18.1 Å². The zero-order chi connectivity index (χ0) is 38.3. The summed E-state index contributed by atoms with van der Waals surface area (Å²) < 4.78 is 74.6. The van der Waals surface area contributed by atoms with E-state index in [9.17, 15) is 8.22 Å². The van der Waals surface area contributed by atoms with Gasteiger partial charge in [0, 0.05) is 0 Å². The first-order valence-corrected chi connectivity index (χ1v) is 16.1. The monoisotopic (exact) mass is 612 g/mol. The van der Waals surface area contributed by atoms with E-state index in [1.54, 1.807) is 6.07 Å². The van der Waals surface area contributed by atoms with Crippen molar-refractivity contribution in [1.82, 2.24) is 0 Å². The van der Waals surface area contributed by atoms with Crippen LogP contribution in [0.15, 0.2) is 170 Å². The first-order chi connectivity index (χ1) is 27.1. The van der Waals surface area contributed by atoms with Gasteiger partial charge in [0.05, 0.1) is 11.0 Å². The largest absolute Gasteiger partial charge is 0.0636 e. The molecule has 0 fully saturated rings. The third-order valence-electron chi connectivity index (χ3n) is 10.1. The van der Waals surface area contributed by atoms with Crippen molar-refractivity contribution in [3.8, 4) is 33.4 Å². The molecule has 0 aromatic heterocycles. The molecule has 0 aliphatic carbocycles. The maximum absolute atomic E-state index is 10.1. The first-order valence-electron chi connectivity index (χ1n) is 20.1. The summed E-state index contributed by atoms with van der Waals surface area (Å²) >= 11 is 0. The molecule has 11 aromatic rings. The standard InChI is InChI=1S/C48H28/c1-2-12-37-35(7-1)27-36(38-23-19-33-17-15-29-8-5-10-31-21-25-42(38)47(33)45(29)31)28-44(37)40-14-4-3-13-39(40)41-24-20-34-18-16-30-9-6-11-32-22-26-43(41)48(34)46(30)32/h1-28H/i1D,2D,7D,12D,13D,14D,27D,28D. The van der Waals surface area contributed by atoms with Crippen LogP contribution in [0.1, 0.15) is 11.0 Å². The highest BCUT2D eigenvalue weighted by Gasteiger charge is 2.18. The molecular weight excluding hydrogens is 577 g/mol. The highest BCUT2D eigenvalue weighted by atomic mass is 14.2. The van der Waals surface area contributed by atoms with Gasteiger partial charge in [-0.3, -0.25) is 0 Å². The second-order valence-electron chi connectivity index (χ2n) is 12.6. The van der Waals surface area contributed by atoms with Gasteiger partial charge in [0.2, 0.25) is 0 Å². The lowest BCUT2D eigenvalue weighted by atomic mass is 9.85. The van der Waals surface area contributed by atoms with Crippen LogP contribution in [0.5, 0.6) is 0 Å². The van der Waals surface area contributed by atoms with Crippen LogP contribution >= 0.6 is 0 Å². The number of hydrogen-bond donors (Lipinski definition) is 0. The lowest BCUT2D eigenvalue weighted by Crippen LogP contribution is -1.92. The fourth-order valence-corrected chi connectivity index (χ4v) is 7.97. The molecule has 0 heterocycles. The minimum atomic E-state index is -0.490. The molecule has 0 heteroatoms. The van der Waals surface area contributed by atoms with E-state index in [4.69, 9.17) is 2.74 Å². The van der Waals surface area contributed by atoms with Gasteiger partial charge in [-0.25, -0.2) is 0 Å². The summed E-state index contributed by atoms with van der Waals surface area (Å²) in [5, 5.41) is 12.1. The maximum Gasteiger partial charge on any atom is 0.0636 e. The Morgan fingerprint density at radius 1 is 0.292 bits per heavy atom. The number of hydrogen-bond acceptors (Lipinski definition) is 0. The van der Waals surface area contributed by atoms with Crippen molar-refractivity contribution in [1.29, 1.82) is 0 Å². The van der Waals surface area contributed by atoms with Gasteiger partial charge in [0.1, 0.15) is 0 Å². The molecule has 11 rings (SSSR count). The lowest BCUT2D eigenvalue weighted by Gasteiger charge is -2.19. The molecule has 48 heavy (non-hydrogen) atoms. The van der Waals surface area contributed by atoms with Gasteiger partial charge in [0.15, 0.2) is 0 Å². The molecule has 0 spiro atoms. The number of benzene rings is 11. The van der Waals surface area contributed by atoms with Crippen LogP contribution in [0.4, 0.5) is 0 Å². The van der Waals surface area contributed by atoms with Gasteiger partial charge >= 0.3 is 0 Å². The topological polar surface area (TPSA) is 0 Å². The fraction of sp³-hybridized carbons (Fsp3) is 0. The lowest BCUT2D eigenvalue weighted by molar-refractivity contribution is 1.62. The molecule has 0 saturated carbocycles. The van der Waals surface area contributed by atoms with Gasteiger partial charge in [-0.05, 0) is 121 Å². The zero-order valence-corrected chi connectivity index (χ0v) is 25.5. The van der Waals surface area contributed by atoms with Crippen LogP contribution in [0.2, 0.25) is 0 Å². The Morgan fingerprint density at radius 2 is 0.771 bits per heavy atom. The summed E-state index contributed by atoms with van der Waals surface area (Å²) in [6.07, 6.45) is 0. The van der Waals surface area contributed by atoms with Crippen molar-refractivity contribution < 1.29 is 11.0 Å². The third-order valence-corrected chi connectivity index (χ3v) is 10.1. The van der Waals surface area contributed by atoms with Crippen molar-refractivity contribution in [2.75, 3.05) is 0 Å². The minimum absolute atomic E-state index is 0.00275. The summed E-state index contributed by atoms with van der Waals surface area (Å²) in [6, 6.07) is 37.7. The Morgan fingerprint density at radius 3 is 1.40 bits per heavy atom. The smallest absolute Gasteiger partial charge is 0.0616 e. The van der Waals surface area contributed by atoms with Crippen molar-refractivity contribution >= 4 is 75.4 Å². The number of rotatable bonds is 3. The highest BCUT2D eigenvalue weighted by Crippen LogP contribution is 2.45. The van der Waals surface area contributed by atoms with E-state index in [1.807, 2.05) is 54.6 Å². The van der Waals surface area contributed by atoms with Crippen molar-refractivity contribution in [2.24, 2.45) is 0 Å². The predicted octanol–water partition coefficient (Wildman–Crippen LogP) is 13.6. The molecule has 11 aromatic carbocycles.